The lowest BCUT2D eigenvalue weighted by Crippen LogP contribution is -2.19. The largest absolute Gasteiger partial charge is 0.339 e. The molecule has 0 amide bonds. The number of anilines is 1. The zero-order chi connectivity index (χ0) is 13.0. The fraction of sp³-hybridized carbons (Fsp3) is 0.182. The second-order valence-corrected chi connectivity index (χ2v) is 3.72. The normalized spacial score (nSPS) is 10.1. The summed E-state index contributed by atoms with van der Waals surface area (Å²) in [5, 5.41) is 10.5. The highest BCUT2D eigenvalue weighted by Gasteiger charge is 2.09. The van der Waals surface area contributed by atoms with Crippen molar-refractivity contribution in [3.8, 4) is 0 Å². The van der Waals surface area contributed by atoms with E-state index in [0.717, 1.165) is 5.56 Å². The first kappa shape index (κ1) is 11.9. The molecule has 0 aliphatic heterocycles. The highest BCUT2D eigenvalue weighted by Crippen LogP contribution is 2.12. The van der Waals surface area contributed by atoms with Crippen LogP contribution in [0.15, 0.2) is 36.9 Å². The monoisotopic (exact) mass is 245 g/mol. The average molecular weight is 245 g/mol. The van der Waals surface area contributed by atoms with Crippen LogP contribution in [0.25, 0.3) is 0 Å². The van der Waals surface area contributed by atoms with E-state index >= 15 is 0 Å². The van der Waals surface area contributed by atoms with E-state index < -0.39 is 4.92 Å². The van der Waals surface area contributed by atoms with Gasteiger partial charge in [-0.15, -0.1) is 0 Å². The zero-order valence-electron chi connectivity index (χ0n) is 9.72. The van der Waals surface area contributed by atoms with Crippen LogP contribution in [0.4, 0.5) is 11.6 Å². The number of rotatable bonds is 4. The molecule has 92 valence electrons. The van der Waals surface area contributed by atoms with Crippen molar-refractivity contribution in [1.29, 1.82) is 0 Å². The molecule has 2 aromatic heterocycles. The number of aromatic nitrogens is 3. The van der Waals surface area contributed by atoms with Gasteiger partial charge in [0.15, 0.2) is 0 Å². The van der Waals surface area contributed by atoms with E-state index in [4.69, 9.17) is 0 Å². The van der Waals surface area contributed by atoms with E-state index in [1.165, 1.54) is 12.4 Å². The first-order valence-corrected chi connectivity index (χ1v) is 5.23. The van der Waals surface area contributed by atoms with Crippen LogP contribution in [0.3, 0.4) is 0 Å². The molecule has 0 aliphatic carbocycles. The first-order chi connectivity index (χ1) is 8.66. The van der Waals surface area contributed by atoms with Gasteiger partial charge in [0, 0.05) is 26.0 Å². The second kappa shape index (κ2) is 5.17. The predicted octanol–water partition coefficient (Wildman–Crippen LogP) is 1.42. The Hall–Kier alpha value is -2.57. The first-order valence-electron chi connectivity index (χ1n) is 5.23. The van der Waals surface area contributed by atoms with Crippen LogP contribution in [0.1, 0.15) is 5.56 Å². The lowest BCUT2D eigenvalue weighted by Gasteiger charge is -2.16. The van der Waals surface area contributed by atoms with Gasteiger partial charge in [0.1, 0.15) is 12.4 Å². The number of hydrogen-bond acceptors (Lipinski definition) is 6. The fourth-order valence-electron chi connectivity index (χ4n) is 1.44. The molecule has 2 rings (SSSR count). The van der Waals surface area contributed by atoms with Crippen molar-refractivity contribution in [2.24, 2.45) is 0 Å². The Morgan fingerprint density at radius 3 is 2.61 bits per heavy atom. The van der Waals surface area contributed by atoms with Gasteiger partial charge < -0.3 is 4.90 Å². The predicted molar refractivity (Wildman–Crippen MR) is 65.0 cm³/mol. The van der Waals surface area contributed by atoms with Crippen LogP contribution in [0.2, 0.25) is 0 Å². The highest BCUT2D eigenvalue weighted by molar-refractivity contribution is 5.34. The smallest absolute Gasteiger partial charge is 0.305 e. The van der Waals surface area contributed by atoms with Crippen molar-refractivity contribution in [1.82, 2.24) is 15.0 Å². The van der Waals surface area contributed by atoms with Crippen LogP contribution >= 0.6 is 0 Å². The minimum atomic E-state index is -0.523. The molecule has 0 N–H and O–H groups in total. The summed E-state index contributed by atoms with van der Waals surface area (Å²) < 4.78 is 0. The Balaban J connectivity index is 2.09. The van der Waals surface area contributed by atoms with Gasteiger partial charge in [0.05, 0.1) is 4.92 Å². The minimum Gasteiger partial charge on any atom is -0.339 e. The van der Waals surface area contributed by atoms with E-state index in [0.29, 0.717) is 12.5 Å². The van der Waals surface area contributed by atoms with Crippen LogP contribution in [-0.4, -0.2) is 26.9 Å². The second-order valence-electron chi connectivity index (χ2n) is 3.72. The zero-order valence-corrected chi connectivity index (χ0v) is 9.72. The SMILES string of the molecule is CN(Cc1cccnc1)c1ncc([N+](=O)[O-])cn1. The highest BCUT2D eigenvalue weighted by atomic mass is 16.6. The minimum absolute atomic E-state index is 0.117. The van der Waals surface area contributed by atoms with Crippen molar-refractivity contribution in [2.45, 2.75) is 6.54 Å². The molecule has 18 heavy (non-hydrogen) atoms. The van der Waals surface area contributed by atoms with Crippen molar-refractivity contribution in [2.75, 3.05) is 11.9 Å². The molecule has 0 saturated heterocycles. The quantitative estimate of drug-likeness (QED) is 0.598. The average Bonchev–Trinajstić information content (AvgIpc) is 2.40. The Bertz CT molecular complexity index is 529. The number of pyridine rings is 1. The molecular formula is C11H11N5O2. The summed E-state index contributed by atoms with van der Waals surface area (Å²) in [6.45, 7) is 0.589. The van der Waals surface area contributed by atoms with Crippen LogP contribution in [0, 0.1) is 10.1 Å². The van der Waals surface area contributed by atoms with Crippen molar-refractivity contribution < 1.29 is 4.92 Å². The van der Waals surface area contributed by atoms with E-state index in [2.05, 4.69) is 15.0 Å². The lowest BCUT2D eigenvalue weighted by atomic mass is 10.3. The maximum Gasteiger partial charge on any atom is 0.305 e. The summed E-state index contributed by atoms with van der Waals surface area (Å²) in [5.41, 5.74) is 0.899. The topological polar surface area (TPSA) is 85.0 Å². The summed E-state index contributed by atoms with van der Waals surface area (Å²) in [5.74, 6) is 0.435. The maximum atomic E-state index is 10.5. The van der Waals surface area contributed by atoms with E-state index in [9.17, 15) is 10.1 Å². The molecule has 7 nitrogen and oxygen atoms in total. The molecule has 0 saturated carbocycles. The third-order valence-electron chi connectivity index (χ3n) is 2.32. The Labute approximate surface area is 103 Å². The fourth-order valence-corrected chi connectivity index (χ4v) is 1.44. The van der Waals surface area contributed by atoms with Crippen LogP contribution in [-0.2, 0) is 6.54 Å². The third kappa shape index (κ3) is 2.76. The molecule has 0 unspecified atom stereocenters. The lowest BCUT2D eigenvalue weighted by molar-refractivity contribution is -0.385. The standard InChI is InChI=1S/C11H11N5O2/c1-15(8-9-3-2-4-12-5-9)11-13-6-10(7-14-11)16(17)18/h2-7H,8H2,1H3. The van der Waals surface area contributed by atoms with Crippen molar-refractivity contribution in [3.05, 3.63) is 52.6 Å². The maximum absolute atomic E-state index is 10.5. The molecule has 2 aromatic rings. The van der Waals surface area contributed by atoms with Crippen molar-refractivity contribution >= 4 is 11.6 Å². The van der Waals surface area contributed by atoms with Gasteiger partial charge in [0.25, 0.3) is 0 Å². The number of nitro groups is 1. The summed E-state index contributed by atoms with van der Waals surface area (Å²) in [4.78, 5) is 23.7. The van der Waals surface area contributed by atoms with Gasteiger partial charge in [-0.05, 0) is 11.6 Å². The van der Waals surface area contributed by atoms with E-state index in [-0.39, 0.29) is 5.69 Å². The molecule has 0 radical (unpaired) electrons. The molecule has 0 fully saturated rings. The Morgan fingerprint density at radius 2 is 2.06 bits per heavy atom. The van der Waals surface area contributed by atoms with E-state index in [1.54, 1.807) is 17.3 Å². The van der Waals surface area contributed by atoms with Gasteiger partial charge in [-0.2, -0.15) is 0 Å². The Kier molecular flexibility index (Phi) is 3.42. The summed E-state index contributed by atoms with van der Waals surface area (Å²) >= 11 is 0. The van der Waals surface area contributed by atoms with Gasteiger partial charge >= 0.3 is 5.69 Å². The molecule has 0 bridgehead atoms. The van der Waals surface area contributed by atoms with Gasteiger partial charge in [-0.25, -0.2) is 9.97 Å². The van der Waals surface area contributed by atoms with Gasteiger partial charge in [-0.3, -0.25) is 15.1 Å². The van der Waals surface area contributed by atoms with Crippen molar-refractivity contribution in [3.63, 3.8) is 0 Å². The van der Waals surface area contributed by atoms with Crippen LogP contribution in [0.5, 0.6) is 0 Å². The number of nitrogens with zero attached hydrogens (tertiary/aromatic N) is 5. The summed E-state index contributed by atoms with van der Waals surface area (Å²) in [7, 11) is 1.81. The summed E-state index contributed by atoms with van der Waals surface area (Å²) in [6, 6.07) is 3.79. The Morgan fingerprint density at radius 1 is 1.33 bits per heavy atom. The molecule has 7 heteroatoms. The number of hydrogen-bond donors (Lipinski definition) is 0. The molecular weight excluding hydrogens is 234 g/mol. The van der Waals surface area contributed by atoms with Gasteiger partial charge in [0.2, 0.25) is 5.95 Å². The third-order valence-corrected chi connectivity index (χ3v) is 2.32. The van der Waals surface area contributed by atoms with Gasteiger partial charge in [-0.1, -0.05) is 6.07 Å². The molecule has 0 atom stereocenters. The molecule has 2 heterocycles. The summed E-state index contributed by atoms with van der Waals surface area (Å²) in [6.07, 6.45) is 5.85. The molecule has 0 spiro atoms. The molecule has 0 aliphatic rings. The van der Waals surface area contributed by atoms with E-state index in [1.807, 2.05) is 19.2 Å². The molecule has 0 aromatic carbocycles. The van der Waals surface area contributed by atoms with Crippen LogP contribution < -0.4 is 4.90 Å².